The zero-order chi connectivity index (χ0) is 23.1. The summed E-state index contributed by atoms with van der Waals surface area (Å²) < 4.78 is 25.5. The molecule has 2 saturated heterocycles. The van der Waals surface area contributed by atoms with Crippen LogP contribution in [0.15, 0.2) is 42.5 Å². The first kappa shape index (κ1) is 21.7. The predicted octanol–water partition coefficient (Wildman–Crippen LogP) is 3.14. The number of hydrogen-bond acceptors (Lipinski definition) is 5. The Balaban J connectivity index is 1.18. The molecular weight excluding hydrogens is 425 g/mol. The van der Waals surface area contributed by atoms with E-state index >= 15 is 4.39 Å². The number of methoxy groups -OCH3 is 1. The van der Waals surface area contributed by atoms with Crippen molar-refractivity contribution in [3.63, 3.8) is 0 Å². The standard InChI is InChI=1S/C25H28FN3O4/c1-15(30)27-10-19-12-29(25(31)33-19)17-5-8-20(23(26)9-17)24-21-13-28(14-22(21)24)11-16-3-6-18(32-2)7-4-16/h3-9,19,21-22,24H,10-14H2,1-2H3,(H,27,30)/t19-,21-,22+,24+/m0/s1. The third-order valence-electron chi connectivity index (χ3n) is 6.94. The molecule has 2 aliphatic heterocycles. The normalized spacial score (nSPS) is 26.2. The monoisotopic (exact) mass is 453 g/mol. The second-order valence-corrected chi connectivity index (χ2v) is 9.15. The number of halogens is 1. The molecule has 2 amide bonds. The molecule has 174 valence electrons. The second-order valence-electron chi connectivity index (χ2n) is 9.15. The molecule has 0 aromatic heterocycles. The molecule has 3 fully saturated rings. The Morgan fingerprint density at radius 2 is 1.88 bits per heavy atom. The first-order valence-corrected chi connectivity index (χ1v) is 11.3. The van der Waals surface area contributed by atoms with Gasteiger partial charge in [-0.3, -0.25) is 14.6 Å². The zero-order valence-electron chi connectivity index (χ0n) is 18.8. The van der Waals surface area contributed by atoms with Crippen molar-refractivity contribution in [2.24, 2.45) is 11.8 Å². The number of cyclic esters (lactones) is 1. The van der Waals surface area contributed by atoms with Crippen LogP contribution in [0.3, 0.4) is 0 Å². The lowest BCUT2D eigenvalue weighted by atomic mass is 10.0. The van der Waals surface area contributed by atoms with Crippen LogP contribution < -0.4 is 15.0 Å². The Labute approximate surface area is 192 Å². The minimum Gasteiger partial charge on any atom is -0.497 e. The maximum Gasteiger partial charge on any atom is 0.414 e. The van der Waals surface area contributed by atoms with Gasteiger partial charge in [-0.15, -0.1) is 0 Å². The zero-order valence-corrected chi connectivity index (χ0v) is 18.8. The topological polar surface area (TPSA) is 71.1 Å². The molecule has 3 aliphatic rings. The number of rotatable bonds is 7. The van der Waals surface area contributed by atoms with E-state index in [1.54, 1.807) is 13.2 Å². The van der Waals surface area contributed by atoms with Gasteiger partial charge in [0.15, 0.2) is 0 Å². The SMILES string of the molecule is COc1ccc(CN2C[C@@H]3[C@H](C2)[C@H]3c2ccc(N3C[C@H](CNC(C)=O)OC3=O)cc2F)cc1. The van der Waals surface area contributed by atoms with E-state index in [4.69, 9.17) is 9.47 Å². The average Bonchev–Trinajstić information content (AvgIpc) is 3.10. The quantitative estimate of drug-likeness (QED) is 0.698. The highest BCUT2D eigenvalue weighted by molar-refractivity contribution is 5.89. The molecule has 0 spiro atoms. The van der Waals surface area contributed by atoms with Gasteiger partial charge in [-0.2, -0.15) is 0 Å². The molecule has 1 aliphatic carbocycles. The first-order chi connectivity index (χ1) is 15.9. The van der Waals surface area contributed by atoms with Gasteiger partial charge in [0.25, 0.3) is 0 Å². The fourth-order valence-electron chi connectivity index (χ4n) is 5.24. The first-order valence-electron chi connectivity index (χ1n) is 11.3. The molecule has 0 radical (unpaired) electrons. The largest absolute Gasteiger partial charge is 0.497 e. The molecule has 4 atom stereocenters. The van der Waals surface area contributed by atoms with Crippen molar-refractivity contribution in [1.29, 1.82) is 0 Å². The number of nitrogens with one attached hydrogen (secondary N) is 1. The minimum atomic E-state index is -0.519. The van der Waals surface area contributed by atoms with E-state index in [0.29, 0.717) is 17.5 Å². The van der Waals surface area contributed by atoms with Crippen LogP contribution in [0.2, 0.25) is 0 Å². The van der Waals surface area contributed by atoms with Crippen molar-refractivity contribution < 1.29 is 23.5 Å². The predicted molar refractivity (Wildman–Crippen MR) is 121 cm³/mol. The number of hydrogen-bond donors (Lipinski definition) is 1. The van der Waals surface area contributed by atoms with E-state index in [1.165, 1.54) is 23.5 Å². The molecule has 7 nitrogen and oxygen atoms in total. The Hall–Kier alpha value is -3.13. The van der Waals surface area contributed by atoms with Crippen molar-refractivity contribution in [2.75, 3.05) is 38.2 Å². The second kappa shape index (κ2) is 8.67. The minimum absolute atomic E-state index is 0.183. The van der Waals surface area contributed by atoms with E-state index in [0.717, 1.165) is 30.9 Å². The molecule has 1 N–H and O–H groups in total. The van der Waals surface area contributed by atoms with Gasteiger partial charge in [-0.1, -0.05) is 18.2 Å². The maximum absolute atomic E-state index is 15.0. The molecule has 2 aromatic carbocycles. The third-order valence-corrected chi connectivity index (χ3v) is 6.94. The molecular formula is C25H28FN3O4. The number of nitrogens with zero attached hydrogens (tertiary/aromatic N) is 2. The lowest BCUT2D eigenvalue weighted by molar-refractivity contribution is -0.119. The van der Waals surface area contributed by atoms with Crippen molar-refractivity contribution in [3.05, 3.63) is 59.4 Å². The van der Waals surface area contributed by atoms with Crippen molar-refractivity contribution in [1.82, 2.24) is 10.2 Å². The van der Waals surface area contributed by atoms with Gasteiger partial charge in [0.1, 0.15) is 17.7 Å². The summed E-state index contributed by atoms with van der Waals surface area (Å²) in [5, 5.41) is 2.64. The third kappa shape index (κ3) is 4.39. The fraction of sp³-hybridized carbons (Fsp3) is 0.440. The number of carbonyl (C=O) groups excluding carboxylic acids is 2. The fourth-order valence-corrected chi connectivity index (χ4v) is 5.24. The van der Waals surface area contributed by atoms with E-state index in [1.807, 2.05) is 18.2 Å². The van der Waals surface area contributed by atoms with E-state index in [9.17, 15) is 9.59 Å². The van der Waals surface area contributed by atoms with E-state index < -0.39 is 12.2 Å². The summed E-state index contributed by atoms with van der Waals surface area (Å²) in [5.74, 6) is 1.59. The van der Waals surface area contributed by atoms with Crippen LogP contribution in [0.25, 0.3) is 0 Å². The summed E-state index contributed by atoms with van der Waals surface area (Å²) in [6, 6.07) is 13.2. The summed E-state index contributed by atoms with van der Waals surface area (Å²) in [4.78, 5) is 27.1. The molecule has 1 saturated carbocycles. The molecule has 2 aromatic rings. The number of anilines is 1. The molecule has 33 heavy (non-hydrogen) atoms. The highest BCUT2D eigenvalue weighted by atomic mass is 19.1. The Morgan fingerprint density at radius 3 is 2.52 bits per heavy atom. The summed E-state index contributed by atoms with van der Waals surface area (Å²) in [6.45, 7) is 4.76. The van der Waals surface area contributed by atoms with Gasteiger partial charge in [-0.05, 0) is 53.1 Å². The average molecular weight is 454 g/mol. The molecule has 0 unspecified atom stereocenters. The summed E-state index contributed by atoms with van der Waals surface area (Å²) in [5.41, 5.74) is 2.47. The number of likely N-dealkylation sites (tertiary alicyclic amines) is 1. The number of ether oxygens (including phenoxy) is 2. The number of benzene rings is 2. The van der Waals surface area contributed by atoms with Crippen molar-refractivity contribution in [3.8, 4) is 5.75 Å². The smallest absolute Gasteiger partial charge is 0.414 e. The highest BCUT2D eigenvalue weighted by Gasteiger charge is 2.56. The van der Waals surface area contributed by atoms with Gasteiger partial charge in [0, 0.05) is 26.6 Å². The Bertz CT molecular complexity index is 1050. The van der Waals surface area contributed by atoms with Gasteiger partial charge >= 0.3 is 6.09 Å². The van der Waals surface area contributed by atoms with Gasteiger partial charge in [-0.25, -0.2) is 9.18 Å². The summed E-state index contributed by atoms with van der Waals surface area (Å²) in [7, 11) is 1.66. The van der Waals surface area contributed by atoms with Crippen LogP contribution in [-0.2, 0) is 16.1 Å². The summed E-state index contributed by atoms with van der Waals surface area (Å²) >= 11 is 0. The lowest BCUT2D eigenvalue weighted by Crippen LogP contribution is -2.33. The molecule has 5 rings (SSSR count). The van der Waals surface area contributed by atoms with E-state index in [-0.39, 0.29) is 30.7 Å². The number of amides is 2. The number of fused-ring (bicyclic) bond motifs is 1. The van der Waals surface area contributed by atoms with Crippen molar-refractivity contribution >= 4 is 17.7 Å². The van der Waals surface area contributed by atoms with Crippen LogP contribution in [0, 0.1) is 17.7 Å². The Morgan fingerprint density at radius 1 is 1.15 bits per heavy atom. The van der Waals surface area contributed by atoms with Crippen LogP contribution >= 0.6 is 0 Å². The highest BCUT2D eigenvalue weighted by Crippen LogP contribution is 2.59. The van der Waals surface area contributed by atoms with Crippen molar-refractivity contribution in [2.45, 2.75) is 25.5 Å². The molecule has 8 heteroatoms. The molecule has 0 bridgehead atoms. The maximum atomic E-state index is 15.0. The van der Waals surface area contributed by atoms with Gasteiger partial charge < -0.3 is 14.8 Å². The van der Waals surface area contributed by atoms with Crippen LogP contribution in [0.5, 0.6) is 5.75 Å². The van der Waals surface area contributed by atoms with Crippen LogP contribution in [-0.4, -0.2) is 56.3 Å². The number of piperidine rings is 1. The van der Waals surface area contributed by atoms with Gasteiger partial charge in [0.05, 0.1) is 25.9 Å². The summed E-state index contributed by atoms with van der Waals surface area (Å²) in [6.07, 6.45) is -0.960. The molecule has 2 heterocycles. The van der Waals surface area contributed by atoms with Gasteiger partial charge in [0.2, 0.25) is 5.91 Å². The lowest BCUT2D eigenvalue weighted by Gasteiger charge is -2.20. The van der Waals surface area contributed by atoms with Crippen LogP contribution in [0.1, 0.15) is 24.0 Å². The Kier molecular flexibility index (Phi) is 5.70. The van der Waals surface area contributed by atoms with E-state index in [2.05, 4.69) is 22.3 Å². The van der Waals surface area contributed by atoms with Crippen LogP contribution in [0.4, 0.5) is 14.9 Å². The number of carbonyl (C=O) groups is 2.